The zero-order valence-corrected chi connectivity index (χ0v) is 11.6. The maximum Gasteiger partial charge on any atom is 0.204 e. The van der Waals surface area contributed by atoms with Gasteiger partial charge < -0.3 is 15.4 Å². The summed E-state index contributed by atoms with van der Waals surface area (Å²) in [4.78, 5) is 8.32. The van der Waals surface area contributed by atoms with Crippen LogP contribution in [0.1, 0.15) is 13.3 Å². The van der Waals surface area contributed by atoms with Gasteiger partial charge in [0, 0.05) is 13.1 Å². The average Bonchev–Trinajstić information content (AvgIpc) is 2.35. The largest absolute Gasteiger partial charge is 0.490 e. The Hall–Kier alpha value is -1.17. The third-order valence-corrected chi connectivity index (χ3v) is 3.03. The molecule has 1 atom stereocenters. The number of anilines is 2. The van der Waals surface area contributed by atoms with Crippen LogP contribution in [0, 0.1) is 0 Å². The maximum atomic E-state index is 5.32. The Morgan fingerprint density at radius 1 is 1.41 bits per heavy atom. The molecule has 0 fully saturated rings. The van der Waals surface area contributed by atoms with Crippen molar-refractivity contribution in [2.75, 3.05) is 36.8 Å². The summed E-state index contributed by atoms with van der Waals surface area (Å²) in [5, 5.41) is 6.32. The topological polar surface area (TPSA) is 59.1 Å². The van der Waals surface area contributed by atoms with E-state index in [1.54, 1.807) is 7.11 Å². The minimum atomic E-state index is 0.357. The summed E-state index contributed by atoms with van der Waals surface area (Å²) in [6.07, 6.45) is 4.72. The van der Waals surface area contributed by atoms with Crippen LogP contribution in [0.5, 0.6) is 5.75 Å². The molecule has 0 saturated heterocycles. The summed E-state index contributed by atoms with van der Waals surface area (Å²) in [5.74, 6) is 3.22. The van der Waals surface area contributed by atoms with Gasteiger partial charge in [0.1, 0.15) is 6.33 Å². The zero-order valence-electron chi connectivity index (χ0n) is 10.8. The first-order chi connectivity index (χ1) is 8.22. The minimum Gasteiger partial charge on any atom is -0.490 e. The average molecular weight is 256 g/mol. The van der Waals surface area contributed by atoms with Gasteiger partial charge in [-0.2, -0.15) is 11.8 Å². The van der Waals surface area contributed by atoms with Crippen molar-refractivity contribution in [1.29, 1.82) is 0 Å². The Balaban J connectivity index is 2.75. The Labute approximate surface area is 107 Å². The molecule has 6 heteroatoms. The molecule has 0 aliphatic carbocycles. The van der Waals surface area contributed by atoms with E-state index in [1.807, 2.05) is 18.8 Å². The van der Waals surface area contributed by atoms with E-state index < -0.39 is 0 Å². The Morgan fingerprint density at radius 2 is 2.12 bits per heavy atom. The van der Waals surface area contributed by atoms with Crippen molar-refractivity contribution < 1.29 is 4.74 Å². The van der Waals surface area contributed by atoms with Crippen LogP contribution < -0.4 is 15.4 Å². The smallest absolute Gasteiger partial charge is 0.204 e. The van der Waals surface area contributed by atoms with Gasteiger partial charge in [-0.1, -0.05) is 0 Å². The predicted octanol–water partition coefficient (Wildman–Crippen LogP) is 2.08. The molecule has 0 spiro atoms. The molecule has 1 aromatic rings. The van der Waals surface area contributed by atoms with Crippen molar-refractivity contribution in [3.63, 3.8) is 0 Å². The predicted molar refractivity (Wildman–Crippen MR) is 74.2 cm³/mol. The van der Waals surface area contributed by atoms with Gasteiger partial charge in [-0.05, 0) is 25.4 Å². The van der Waals surface area contributed by atoms with E-state index in [0.717, 1.165) is 18.0 Å². The standard InChI is InChI=1S/C11H20N4OS/c1-8(5-6-17-4)15-11-9(16-3)10(12-2)13-7-14-11/h7-8H,5-6H2,1-4H3,(H2,12,13,14,15). The number of hydrogen-bond acceptors (Lipinski definition) is 6. The first-order valence-corrected chi connectivity index (χ1v) is 6.94. The van der Waals surface area contributed by atoms with E-state index in [0.29, 0.717) is 17.6 Å². The molecular weight excluding hydrogens is 236 g/mol. The lowest BCUT2D eigenvalue weighted by atomic mass is 10.2. The number of nitrogens with zero attached hydrogens (tertiary/aromatic N) is 2. The molecule has 1 heterocycles. The van der Waals surface area contributed by atoms with Gasteiger partial charge in [-0.15, -0.1) is 0 Å². The molecule has 0 aromatic carbocycles. The van der Waals surface area contributed by atoms with Crippen LogP contribution in [-0.2, 0) is 0 Å². The number of methoxy groups -OCH3 is 1. The molecule has 17 heavy (non-hydrogen) atoms. The third-order valence-electron chi connectivity index (χ3n) is 2.38. The Bertz CT molecular complexity index is 348. The molecule has 0 aliphatic rings. The highest BCUT2D eigenvalue weighted by Gasteiger charge is 2.12. The van der Waals surface area contributed by atoms with Gasteiger partial charge in [-0.25, -0.2) is 9.97 Å². The number of aromatic nitrogens is 2. The number of rotatable bonds is 7. The molecule has 96 valence electrons. The fourth-order valence-electron chi connectivity index (χ4n) is 1.45. The van der Waals surface area contributed by atoms with Gasteiger partial charge in [0.2, 0.25) is 5.75 Å². The molecule has 0 saturated carbocycles. The molecule has 0 amide bonds. The lowest BCUT2D eigenvalue weighted by Crippen LogP contribution is -2.18. The van der Waals surface area contributed by atoms with Crippen molar-refractivity contribution >= 4 is 23.4 Å². The molecule has 2 N–H and O–H groups in total. The highest BCUT2D eigenvalue weighted by atomic mass is 32.2. The van der Waals surface area contributed by atoms with Gasteiger partial charge in [0.15, 0.2) is 11.6 Å². The summed E-state index contributed by atoms with van der Waals surface area (Å²) in [6.45, 7) is 2.14. The van der Waals surface area contributed by atoms with Crippen LogP contribution in [0.25, 0.3) is 0 Å². The Morgan fingerprint density at radius 3 is 2.71 bits per heavy atom. The van der Waals surface area contributed by atoms with Gasteiger partial charge in [0.05, 0.1) is 7.11 Å². The quantitative estimate of drug-likeness (QED) is 0.779. The molecule has 0 radical (unpaired) electrons. The van der Waals surface area contributed by atoms with Crippen LogP contribution in [0.15, 0.2) is 6.33 Å². The summed E-state index contributed by atoms with van der Waals surface area (Å²) in [5.41, 5.74) is 0. The number of ether oxygens (including phenoxy) is 1. The normalized spacial score (nSPS) is 12.0. The fourth-order valence-corrected chi connectivity index (χ4v) is 2.04. The summed E-state index contributed by atoms with van der Waals surface area (Å²) < 4.78 is 5.32. The Kier molecular flexibility index (Phi) is 5.90. The fraction of sp³-hybridized carbons (Fsp3) is 0.636. The van der Waals surface area contributed by atoms with Crippen LogP contribution in [0.2, 0.25) is 0 Å². The highest BCUT2D eigenvalue weighted by Crippen LogP contribution is 2.29. The van der Waals surface area contributed by atoms with E-state index in [4.69, 9.17) is 4.74 Å². The van der Waals surface area contributed by atoms with Crippen LogP contribution >= 0.6 is 11.8 Å². The van der Waals surface area contributed by atoms with Crippen molar-refractivity contribution in [3.8, 4) is 5.75 Å². The van der Waals surface area contributed by atoms with Crippen molar-refractivity contribution in [1.82, 2.24) is 9.97 Å². The molecule has 5 nitrogen and oxygen atoms in total. The minimum absolute atomic E-state index is 0.357. The molecule has 1 unspecified atom stereocenters. The van der Waals surface area contributed by atoms with E-state index in [2.05, 4.69) is 33.8 Å². The second-order valence-electron chi connectivity index (χ2n) is 3.68. The van der Waals surface area contributed by atoms with E-state index in [9.17, 15) is 0 Å². The number of nitrogens with one attached hydrogen (secondary N) is 2. The molecule has 1 rings (SSSR count). The van der Waals surface area contributed by atoms with E-state index in [-0.39, 0.29) is 0 Å². The van der Waals surface area contributed by atoms with Crippen LogP contribution in [0.4, 0.5) is 11.6 Å². The van der Waals surface area contributed by atoms with Crippen molar-refractivity contribution in [2.24, 2.45) is 0 Å². The summed E-state index contributed by atoms with van der Waals surface area (Å²) in [6, 6.07) is 0.357. The van der Waals surface area contributed by atoms with Crippen molar-refractivity contribution in [2.45, 2.75) is 19.4 Å². The molecular formula is C11H20N4OS. The summed E-state index contributed by atoms with van der Waals surface area (Å²) >= 11 is 1.84. The molecule has 1 aromatic heterocycles. The van der Waals surface area contributed by atoms with Gasteiger partial charge >= 0.3 is 0 Å². The second-order valence-corrected chi connectivity index (χ2v) is 4.67. The van der Waals surface area contributed by atoms with Gasteiger partial charge in [-0.3, -0.25) is 0 Å². The van der Waals surface area contributed by atoms with E-state index >= 15 is 0 Å². The SMILES string of the molecule is CNc1ncnc(NC(C)CCSC)c1OC. The molecule has 0 bridgehead atoms. The zero-order chi connectivity index (χ0) is 12.7. The van der Waals surface area contributed by atoms with Crippen LogP contribution in [-0.4, -0.2) is 42.2 Å². The van der Waals surface area contributed by atoms with Crippen molar-refractivity contribution in [3.05, 3.63) is 6.33 Å². The first-order valence-electron chi connectivity index (χ1n) is 5.55. The monoisotopic (exact) mass is 256 g/mol. The molecule has 0 aliphatic heterocycles. The van der Waals surface area contributed by atoms with Crippen LogP contribution in [0.3, 0.4) is 0 Å². The number of hydrogen-bond donors (Lipinski definition) is 2. The lowest BCUT2D eigenvalue weighted by Gasteiger charge is -2.17. The first kappa shape index (κ1) is 13.9. The lowest BCUT2D eigenvalue weighted by molar-refractivity contribution is 0.414. The summed E-state index contributed by atoms with van der Waals surface area (Å²) in [7, 11) is 3.43. The maximum absolute atomic E-state index is 5.32. The highest BCUT2D eigenvalue weighted by molar-refractivity contribution is 7.98. The third kappa shape index (κ3) is 3.96. The van der Waals surface area contributed by atoms with E-state index in [1.165, 1.54) is 6.33 Å². The second kappa shape index (κ2) is 7.21. The van der Waals surface area contributed by atoms with Gasteiger partial charge in [0.25, 0.3) is 0 Å². The number of thioether (sulfide) groups is 1.